The van der Waals surface area contributed by atoms with Crippen LogP contribution in [0, 0.1) is 5.92 Å². The second kappa shape index (κ2) is 10.8. The molecule has 25 heavy (non-hydrogen) atoms. The van der Waals surface area contributed by atoms with Gasteiger partial charge >= 0.3 is 11.9 Å². The van der Waals surface area contributed by atoms with Crippen LogP contribution in [0.2, 0.25) is 0 Å². The van der Waals surface area contributed by atoms with Gasteiger partial charge < -0.3 is 19.3 Å². The lowest BCUT2D eigenvalue weighted by molar-refractivity contribution is -0.168. The molecule has 0 radical (unpaired) electrons. The summed E-state index contributed by atoms with van der Waals surface area (Å²) in [5.41, 5.74) is 0.977. The van der Waals surface area contributed by atoms with Gasteiger partial charge in [-0.15, -0.1) is 0 Å². The normalized spacial score (nSPS) is 12.5. The van der Waals surface area contributed by atoms with Crippen molar-refractivity contribution in [2.24, 2.45) is 5.92 Å². The zero-order valence-corrected chi connectivity index (χ0v) is 15.3. The number of carbonyl (C=O) groups is 2. The highest BCUT2D eigenvalue weighted by atomic mass is 16.6. The monoisotopic (exact) mass is 352 g/mol. The molecule has 0 aliphatic rings. The second-order valence-corrected chi connectivity index (χ2v) is 6.41. The van der Waals surface area contributed by atoms with E-state index in [9.17, 15) is 14.7 Å². The lowest BCUT2D eigenvalue weighted by atomic mass is 10.0. The van der Waals surface area contributed by atoms with Gasteiger partial charge in [-0.05, 0) is 39.7 Å². The summed E-state index contributed by atoms with van der Waals surface area (Å²) in [6.45, 7) is 7.14. The van der Waals surface area contributed by atoms with E-state index < -0.39 is 24.0 Å². The Balaban J connectivity index is 2.56. The number of hydrogen-bond acceptors (Lipinski definition) is 6. The SMILES string of the molecule is CC(C)OC(=O)C(CC(O)COCc1ccccc1)C(=O)OC(C)C. The van der Waals surface area contributed by atoms with Gasteiger partial charge in [0.2, 0.25) is 0 Å². The average molecular weight is 352 g/mol. The molecule has 140 valence electrons. The number of esters is 2. The van der Waals surface area contributed by atoms with Gasteiger partial charge in [0.1, 0.15) is 0 Å². The molecule has 0 saturated heterocycles. The highest BCUT2D eigenvalue weighted by Gasteiger charge is 2.33. The summed E-state index contributed by atoms with van der Waals surface area (Å²) in [7, 11) is 0. The Kier molecular flexibility index (Phi) is 9.16. The van der Waals surface area contributed by atoms with Crippen molar-refractivity contribution in [1.82, 2.24) is 0 Å². The summed E-state index contributed by atoms with van der Waals surface area (Å²) in [5, 5.41) is 10.1. The number of aliphatic hydroxyl groups excluding tert-OH is 1. The van der Waals surface area contributed by atoms with Gasteiger partial charge in [-0.3, -0.25) is 9.59 Å². The summed E-state index contributed by atoms with van der Waals surface area (Å²) in [6, 6.07) is 9.53. The molecule has 0 fully saturated rings. The van der Waals surface area contributed by atoms with Crippen molar-refractivity contribution in [3.8, 4) is 0 Å². The molecular formula is C19H28O6. The van der Waals surface area contributed by atoms with Crippen LogP contribution in [-0.4, -0.2) is 42.0 Å². The number of rotatable bonds is 10. The van der Waals surface area contributed by atoms with Crippen LogP contribution in [0.1, 0.15) is 39.7 Å². The molecule has 0 bridgehead atoms. The fourth-order valence-electron chi connectivity index (χ4n) is 2.14. The predicted octanol–water partition coefficient (Wildman–Crippen LogP) is 2.47. The second-order valence-electron chi connectivity index (χ2n) is 6.41. The summed E-state index contributed by atoms with van der Waals surface area (Å²) < 4.78 is 15.6. The maximum absolute atomic E-state index is 12.1. The van der Waals surface area contributed by atoms with Crippen LogP contribution < -0.4 is 0 Å². The molecule has 0 aliphatic heterocycles. The molecule has 0 heterocycles. The van der Waals surface area contributed by atoms with Crippen molar-refractivity contribution in [2.45, 2.75) is 59.0 Å². The number of carbonyl (C=O) groups excluding carboxylic acids is 2. The molecule has 6 heteroatoms. The smallest absolute Gasteiger partial charge is 0.320 e. The number of aliphatic hydroxyl groups is 1. The fourth-order valence-corrected chi connectivity index (χ4v) is 2.14. The lowest BCUT2D eigenvalue weighted by Gasteiger charge is -2.20. The van der Waals surface area contributed by atoms with Crippen molar-refractivity contribution < 1.29 is 28.9 Å². The molecular weight excluding hydrogens is 324 g/mol. The third kappa shape index (κ3) is 8.65. The molecule has 1 aromatic rings. The van der Waals surface area contributed by atoms with Crippen LogP contribution >= 0.6 is 0 Å². The first-order valence-electron chi connectivity index (χ1n) is 8.50. The molecule has 0 spiro atoms. The Labute approximate surface area is 149 Å². The minimum atomic E-state index is -1.17. The Morgan fingerprint density at radius 2 is 1.48 bits per heavy atom. The quantitative estimate of drug-likeness (QED) is 0.515. The highest BCUT2D eigenvalue weighted by molar-refractivity contribution is 5.95. The predicted molar refractivity (Wildman–Crippen MR) is 92.7 cm³/mol. The maximum Gasteiger partial charge on any atom is 0.320 e. The standard InChI is InChI=1S/C19H28O6/c1-13(2)24-18(21)17(19(22)25-14(3)4)10-16(20)12-23-11-15-8-6-5-7-9-15/h5-9,13-14,16-17,20H,10-12H2,1-4H3. The minimum absolute atomic E-state index is 0.00924. The molecule has 6 nitrogen and oxygen atoms in total. The van der Waals surface area contributed by atoms with Gasteiger partial charge in [0.25, 0.3) is 0 Å². The largest absolute Gasteiger partial charge is 0.462 e. The van der Waals surface area contributed by atoms with Gasteiger partial charge in [-0.25, -0.2) is 0 Å². The van der Waals surface area contributed by atoms with Crippen LogP contribution in [-0.2, 0) is 30.4 Å². The van der Waals surface area contributed by atoms with E-state index in [0.29, 0.717) is 6.61 Å². The van der Waals surface area contributed by atoms with Gasteiger partial charge in [0.05, 0.1) is 31.5 Å². The molecule has 0 aromatic heterocycles. The Morgan fingerprint density at radius 1 is 0.960 bits per heavy atom. The van der Waals surface area contributed by atoms with Gasteiger partial charge in [0, 0.05) is 0 Å². The Morgan fingerprint density at radius 3 is 1.96 bits per heavy atom. The van der Waals surface area contributed by atoms with Crippen LogP contribution in [0.25, 0.3) is 0 Å². The molecule has 1 unspecified atom stereocenters. The Hall–Kier alpha value is -1.92. The van der Waals surface area contributed by atoms with E-state index >= 15 is 0 Å². The van der Waals surface area contributed by atoms with Gasteiger partial charge in [0.15, 0.2) is 5.92 Å². The van der Waals surface area contributed by atoms with Crippen LogP contribution in [0.3, 0.4) is 0 Å². The topological polar surface area (TPSA) is 82.1 Å². The zero-order chi connectivity index (χ0) is 18.8. The first-order valence-corrected chi connectivity index (χ1v) is 8.50. The van der Waals surface area contributed by atoms with Crippen molar-refractivity contribution in [3.05, 3.63) is 35.9 Å². The summed E-state index contributed by atoms with van der Waals surface area (Å²) in [6.07, 6.45) is -1.79. The zero-order valence-electron chi connectivity index (χ0n) is 15.3. The third-order valence-electron chi connectivity index (χ3n) is 3.20. The van der Waals surface area contributed by atoms with E-state index in [4.69, 9.17) is 14.2 Å². The Bertz CT molecular complexity index is 504. The van der Waals surface area contributed by atoms with Crippen molar-refractivity contribution in [2.75, 3.05) is 6.61 Å². The maximum atomic E-state index is 12.1. The number of benzene rings is 1. The molecule has 1 N–H and O–H groups in total. The average Bonchev–Trinajstić information content (AvgIpc) is 2.52. The van der Waals surface area contributed by atoms with E-state index in [1.807, 2.05) is 30.3 Å². The van der Waals surface area contributed by atoms with Crippen LogP contribution in [0.4, 0.5) is 0 Å². The summed E-state index contributed by atoms with van der Waals surface area (Å²) >= 11 is 0. The lowest BCUT2D eigenvalue weighted by Crippen LogP contribution is -2.35. The molecule has 1 aromatic carbocycles. The van der Waals surface area contributed by atoms with Crippen molar-refractivity contribution >= 4 is 11.9 Å². The van der Waals surface area contributed by atoms with Crippen LogP contribution in [0.15, 0.2) is 30.3 Å². The van der Waals surface area contributed by atoms with Crippen molar-refractivity contribution in [3.63, 3.8) is 0 Å². The fraction of sp³-hybridized carbons (Fsp3) is 0.579. The molecule has 0 aliphatic carbocycles. The number of ether oxygens (including phenoxy) is 3. The number of hydrogen-bond donors (Lipinski definition) is 1. The van der Waals surface area contributed by atoms with Crippen molar-refractivity contribution in [1.29, 1.82) is 0 Å². The van der Waals surface area contributed by atoms with E-state index in [2.05, 4.69) is 0 Å². The third-order valence-corrected chi connectivity index (χ3v) is 3.20. The molecule has 1 rings (SSSR count). The van der Waals surface area contributed by atoms with E-state index in [0.717, 1.165) is 5.56 Å². The highest BCUT2D eigenvalue weighted by Crippen LogP contribution is 2.15. The molecule has 1 atom stereocenters. The van der Waals surface area contributed by atoms with Crippen LogP contribution in [0.5, 0.6) is 0 Å². The van der Waals surface area contributed by atoms with E-state index in [-0.39, 0.29) is 25.2 Å². The summed E-state index contributed by atoms with van der Waals surface area (Å²) in [4.78, 5) is 24.3. The minimum Gasteiger partial charge on any atom is -0.462 e. The van der Waals surface area contributed by atoms with Gasteiger partial charge in [-0.1, -0.05) is 30.3 Å². The first kappa shape index (κ1) is 21.1. The molecule has 0 saturated carbocycles. The molecule has 0 amide bonds. The van der Waals surface area contributed by atoms with E-state index in [1.54, 1.807) is 27.7 Å². The van der Waals surface area contributed by atoms with Gasteiger partial charge in [-0.2, -0.15) is 0 Å². The van der Waals surface area contributed by atoms with E-state index in [1.165, 1.54) is 0 Å². The first-order chi connectivity index (χ1) is 11.8. The summed E-state index contributed by atoms with van der Waals surface area (Å²) in [5.74, 6) is -2.55.